The number of halogens is 1. The molecule has 37 heavy (non-hydrogen) atoms. The van der Waals surface area contributed by atoms with Gasteiger partial charge in [-0.25, -0.2) is 9.37 Å². The van der Waals surface area contributed by atoms with Crippen molar-refractivity contribution in [3.63, 3.8) is 0 Å². The van der Waals surface area contributed by atoms with Gasteiger partial charge >= 0.3 is 0 Å². The summed E-state index contributed by atoms with van der Waals surface area (Å²) < 4.78 is 15.0. The van der Waals surface area contributed by atoms with E-state index < -0.39 is 11.7 Å². The van der Waals surface area contributed by atoms with E-state index in [-0.39, 0.29) is 17.6 Å². The highest BCUT2D eigenvalue weighted by Crippen LogP contribution is 2.33. The lowest BCUT2D eigenvalue weighted by Crippen LogP contribution is -2.41. The molecule has 0 radical (unpaired) electrons. The summed E-state index contributed by atoms with van der Waals surface area (Å²) in [6.07, 6.45) is 6.48. The molecule has 0 aliphatic carbocycles. The number of nitrogens with one attached hydrogen (secondary N) is 4. The molecule has 4 N–H and O–H groups in total. The third kappa shape index (κ3) is 6.71. The molecule has 2 aromatic heterocycles. The molecule has 10 heteroatoms. The number of hydrogen-bond donors (Lipinski definition) is 4. The second kappa shape index (κ2) is 12.4. The van der Waals surface area contributed by atoms with Gasteiger partial charge in [0.1, 0.15) is 5.82 Å². The van der Waals surface area contributed by atoms with Gasteiger partial charge in [-0.1, -0.05) is 6.07 Å². The van der Waals surface area contributed by atoms with Crippen molar-refractivity contribution in [2.75, 3.05) is 43.4 Å². The second-order valence-corrected chi connectivity index (χ2v) is 9.28. The lowest BCUT2D eigenvalue weighted by atomic mass is 9.95. The quantitative estimate of drug-likeness (QED) is 0.312. The zero-order chi connectivity index (χ0) is 26.2. The highest BCUT2D eigenvalue weighted by atomic mass is 19.1. The first-order chi connectivity index (χ1) is 18.0. The maximum absolute atomic E-state index is 15.0. The summed E-state index contributed by atoms with van der Waals surface area (Å²) in [5, 5.41) is 8.93. The Morgan fingerprint density at radius 3 is 2.68 bits per heavy atom. The lowest BCUT2D eigenvalue weighted by molar-refractivity contribution is -0.125. The van der Waals surface area contributed by atoms with Gasteiger partial charge in [-0.2, -0.15) is 0 Å². The molecule has 3 heterocycles. The summed E-state index contributed by atoms with van der Waals surface area (Å²) in [5.74, 6) is -0.785. The Balaban J connectivity index is 1.38. The number of anilines is 2. The van der Waals surface area contributed by atoms with E-state index in [1.165, 1.54) is 6.07 Å². The number of pyridine rings is 1. The lowest BCUT2D eigenvalue weighted by Gasteiger charge is -2.34. The number of hydrogen-bond acceptors (Lipinski definition) is 6. The van der Waals surface area contributed by atoms with Crippen LogP contribution < -0.4 is 20.9 Å². The van der Waals surface area contributed by atoms with Crippen LogP contribution in [0.1, 0.15) is 42.0 Å². The largest absolute Gasteiger partial charge is 0.367 e. The monoisotopic (exact) mass is 507 g/mol. The van der Waals surface area contributed by atoms with E-state index in [0.717, 1.165) is 30.6 Å². The SMILES string of the molecule is CNCCCCNC(=O)C1CCN(c2c(F)cccc2NC(=O)c2ncc(-c3ccnc(C)c3)[nH]2)CC1. The van der Waals surface area contributed by atoms with E-state index >= 15 is 0 Å². The zero-order valence-electron chi connectivity index (χ0n) is 21.3. The highest BCUT2D eigenvalue weighted by molar-refractivity contribution is 6.04. The van der Waals surface area contributed by atoms with E-state index in [4.69, 9.17) is 0 Å². The summed E-state index contributed by atoms with van der Waals surface area (Å²) in [7, 11) is 1.91. The average molecular weight is 508 g/mol. The Morgan fingerprint density at radius 2 is 1.92 bits per heavy atom. The Kier molecular flexibility index (Phi) is 8.84. The van der Waals surface area contributed by atoms with E-state index in [0.29, 0.717) is 49.5 Å². The molecular formula is C27H34FN7O2. The van der Waals surface area contributed by atoms with Crippen molar-refractivity contribution < 1.29 is 14.0 Å². The minimum atomic E-state index is -0.462. The fourth-order valence-corrected chi connectivity index (χ4v) is 4.56. The van der Waals surface area contributed by atoms with Gasteiger partial charge in [-0.15, -0.1) is 0 Å². The van der Waals surface area contributed by atoms with Crippen molar-refractivity contribution in [2.45, 2.75) is 32.6 Å². The van der Waals surface area contributed by atoms with Crippen LogP contribution in [0, 0.1) is 18.7 Å². The van der Waals surface area contributed by atoms with Crippen LogP contribution >= 0.6 is 0 Å². The van der Waals surface area contributed by atoms with Crippen molar-refractivity contribution in [1.29, 1.82) is 0 Å². The van der Waals surface area contributed by atoms with Gasteiger partial charge in [-0.3, -0.25) is 14.6 Å². The van der Waals surface area contributed by atoms with E-state index in [1.54, 1.807) is 24.5 Å². The molecule has 3 aromatic rings. The molecule has 0 unspecified atom stereocenters. The number of aryl methyl sites for hydroxylation is 1. The minimum absolute atomic E-state index is 0.0594. The van der Waals surface area contributed by atoms with Gasteiger partial charge in [0.25, 0.3) is 5.91 Å². The molecule has 196 valence electrons. The third-order valence-corrected chi connectivity index (χ3v) is 6.57. The smallest absolute Gasteiger partial charge is 0.291 e. The van der Waals surface area contributed by atoms with Gasteiger partial charge < -0.3 is 25.8 Å². The van der Waals surface area contributed by atoms with Crippen LogP contribution in [0.5, 0.6) is 0 Å². The topological polar surface area (TPSA) is 115 Å². The van der Waals surface area contributed by atoms with E-state index in [9.17, 15) is 14.0 Å². The standard InChI is InChI=1S/C27H34FN7O2/c1-18-16-20(8-13-30-18)23-17-32-25(33-23)27(37)34-22-7-5-6-21(28)24(22)35-14-9-19(10-15-35)26(36)31-12-4-3-11-29-2/h5-8,13,16-17,19,29H,3-4,9-12,14-15H2,1-2H3,(H,31,36)(H,32,33)(H,34,37). The van der Waals surface area contributed by atoms with Crippen molar-refractivity contribution in [3.8, 4) is 11.3 Å². The van der Waals surface area contributed by atoms with E-state index in [2.05, 4.69) is 30.9 Å². The number of H-pyrrole nitrogens is 1. The van der Waals surface area contributed by atoms with Crippen LogP contribution in [0.15, 0.2) is 42.7 Å². The van der Waals surface area contributed by atoms with Crippen LogP contribution in [0.3, 0.4) is 0 Å². The number of para-hydroxylation sites is 1. The summed E-state index contributed by atoms with van der Waals surface area (Å²) in [6, 6.07) is 8.35. The van der Waals surface area contributed by atoms with Crippen molar-refractivity contribution in [3.05, 3.63) is 60.1 Å². The van der Waals surface area contributed by atoms with Gasteiger partial charge in [0.15, 0.2) is 5.82 Å². The number of carbonyl (C=O) groups excluding carboxylic acids is 2. The first-order valence-corrected chi connectivity index (χ1v) is 12.7. The van der Waals surface area contributed by atoms with E-state index in [1.807, 2.05) is 31.0 Å². The Bertz CT molecular complexity index is 1220. The summed E-state index contributed by atoms with van der Waals surface area (Å²) in [4.78, 5) is 38.8. The average Bonchev–Trinajstić information content (AvgIpc) is 3.40. The number of nitrogens with zero attached hydrogens (tertiary/aromatic N) is 3. The molecular weight excluding hydrogens is 473 g/mol. The summed E-state index contributed by atoms with van der Waals surface area (Å²) in [6.45, 7) is 4.53. The first-order valence-electron chi connectivity index (χ1n) is 12.7. The van der Waals surface area contributed by atoms with Crippen LogP contribution in [0.25, 0.3) is 11.3 Å². The van der Waals surface area contributed by atoms with Crippen LogP contribution in [-0.2, 0) is 4.79 Å². The van der Waals surface area contributed by atoms with Gasteiger partial charge in [-0.05, 0) is 70.5 Å². The maximum Gasteiger partial charge on any atom is 0.291 e. The number of imidazole rings is 1. The molecule has 0 spiro atoms. The molecule has 1 aromatic carbocycles. The molecule has 9 nitrogen and oxygen atoms in total. The number of aromatic amines is 1. The number of carbonyl (C=O) groups is 2. The molecule has 1 saturated heterocycles. The van der Waals surface area contributed by atoms with Gasteiger partial charge in [0.2, 0.25) is 5.91 Å². The highest BCUT2D eigenvalue weighted by Gasteiger charge is 2.28. The normalized spacial score (nSPS) is 14.0. The third-order valence-electron chi connectivity index (χ3n) is 6.57. The first kappa shape index (κ1) is 26.3. The Hall–Kier alpha value is -3.79. The minimum Gasteiger partial charge on any atom is -0.367 e. The van der Waals surface area contributed by atoms with Crippen LogP contribution in [0.4, 0.5) is 15.8 Å². The van der Waals surface area contributed by atoms with Crippen molar-refractivity contribution >= 4 is 23.2 Å². The molecule has 4 rings (SSSR count). The molecule has 0 atom stereocenters. The summed E-state index contributed by atoms with van der Waals surface area (Å²) in [5.41, 5.74) is 3.12. The molecule has 1 aliphatic rings. The fraction of sp³-hybridized carbons (Fsp3) is 0.407. The second-order valence-electron chi connectivity index (χ2n) is 9.28. The molecule has 2 amide bonds. The molecule has 0 bridgehead atoms. The fourth-order valence-electron chi connectivity index (χ4n) is 4.56. The predicted octanol–water partition coefficient (Wildman–Crippen LogP) is 3.50. The van der Waals surface area contributed by atoms with Gasteiger partial charge in [0.05, 0.1) is 23.3 Å². The maximum atomic E-state index is 15.0. The van der Waals surface area contributed by atoms with Crippen LogP contribution in [0.2, 0.25) is 0 Å². The number of aromatic nitrogens is 3. The number of piperidine rings is 1. The number of rotatable bonds is 10. The number of amides is 2. The predicted molar refractivity (Wildman–Crippen MR) is 142 cm³/mol. The molecule has 1 fully saturated rings. The number of unbranched alkanes of at least 4 members (excludes halogenated alkanes) is 1. The van der Waals surface area contributed by atoms with Crippen molar-refractivity contribution in [1.82, 2.24) is 25.6 Å². The molecule has 1 aliphatic heterocycles. The summed E-state index contributed by atoms with van der Waals surface area (Å²) >= 11 is 0. The molecule has 0 saturated carbocycles. The van der Waals surface area contributed by atoms with Crippen LogP contribution in [-0.4, -0.2) is 60.0 Å². The zero-order valence-corrected chi connectivity index (χ0v) is 21.3. The number of benzene rings is 1. The van der Waals surface area contributed by atoms with Crippen molar-refractivity contribution in [2.24, 2.45) is 5.92 Å². The Morgan fingerprint density at radius 1 is 1.14 bits per heavy atom. The Labute approximate surface area is 216 Å². The van der Waals surface area contributed by atoms with Gasteiger partial charge in [0, 0.05) is 43.0 Å².